The van der Waals surface area contributed by atoms with Crippen LogP contribution in [0.25, 0.3) is 0 Å². The normalized spacial score (nSPS) is 12.8. The van der Waals surface area contributed by atoms with E-state index in [9.17, 15) is 0 Å². The van der Waals surface area contributed by atoms with Gasteiger partial charge in [0.1, 0.15) is 0 Å². The van der Waals surface area contributed by atoms with E-state index in [1.807, 2.05) is 11.7 Å². The first-order valence-corrected chi connectivity index (χ1v) is 7.41. The number of nitrogens with one attached hydrogen (secondary N) is 1. The minimum absolute atomic E-state index is 0.0538. The third-order valence-corrected chi connectivity index (χ3v) is 4.28. The summed E-state index contributed by atoms with van der Waals surface area (Å²) < 4.78 is 7.02. The summed E-state index contributed by atoms with van der Waals surface area (Å²) >= 11 is 8.01. The zero-order chi connectivity index (χ0) is 13.8. The fourth-order valence-electron chi connectivity index (χ4n) is 2.12. The highest BCUT2D eigenvalue weighted by molar-refractivity contribution is 7.08. The molecule has 2 aromatic heterocycles. The van der Waals surface area contributed by atoms with Crippen LogP contribution in [0.1, 0.15) is 22.9 Å². The molecule has 1 unspecified atom stereocenters. The van der Waals surface area contributed by atoms with Crippen LogP contribution in [0.2, 0.25) is 5.02 Å². The number of halogens is 1. The predicted octanol–water partition coefficient (Wildman–Crippen LogP) is 2.86. The van der Waals surface area contributed by atoms with Gasteiger partial charge >= 0.3 is 0 Å². The maximum absolute atomic E-state index is 6.31. The van der Waals surface area contributed by atoms with Gasteiger partial charge in [0.05, 0.1) is 36.1 Å². The second kappa shape index (κ2) is 6.52. The maximum atomic E-state index is 6.31. The van der Waals surface area contributed by atoms with Crippen LogP contribution in [-0.2, 0) is 11.3 Å². The van der Waals surface area contributed by atoms with Crippen molar-refractivity contribution in [3.8, 4) is 0 Å². The van der Waals surface area contributed by atoms with Crippen molar-refractivity contribution in [3.63, 3.8) is 0 Å². The molecule has 0 bridgehead atoms. The summed E-state index contributed by atoms with van der Waals surface area (Å²) in [5.41, 5.74) is 3.50. The van der Waals surface area contributed by atoms with Gasteiger partial charge in [-0.05, 0) is 35.9 Å². The molecule has 0 radical (unpaired) electrons. The molecule has 0 saturated heterocycles. The van der Waals surface area contributed by atoms with Gasteiger partial charge in [-0.2, -0.15) is 16.4 Å². The first-order valence-electron chi connectivity index (χ1n) is 6.09. The third kappa shape index (κ3) is 3.00. The number of thiophene rings is 1. The van der Waals surface area contributed by atoms with Crippen LogP contribution in [0.4, 0.5) is 0 Å². The summed E-state index contributed by atoms with van der Waals surface area (Å²) in [6.07, 6.45) is 1.69. The lowest BCUT2D eigenvalue weighted by Gasteiger charge is -2.19. The quantitative estimate of drug-likeness (QED) is 0.891. The second-order valence-corrected chi connectivity index (χ2v) is 5.48. The molecule has 2 aromatic rings. The number of hydrogen-bond acceptors (Lipinski definition) is 4. The van der Waals surface area contributed by atoms with E-state index in [0.717, 1.165) is 5.69 Å². The van der Waals surface area contributed by atoms with Crippen molar-refractivity contribution in [2.75, 3.05) is 20.8 Å². The van der Waals surface area contributed by atoms with Gasteiger partial charge in [0.2, 0.25) is 0 Å². The molecule has 4 nitrogen and oxygen atoms in total. The number of ether oxygens (including phenoxy) is 1. The maximum Gasteiger partial charge on any atom is 0.0837 e. The Morgan fingerprint density at radius 2 is 2.32 bits per heavy atom. The SMILES string of the molecule is CNC(c1cscc1C)c1c(Cl)cnn1CCOC. The van der Waals surface area contributed by atoms with E-state index in [0.29, 0.717) is 18.2 Å². The Balaban J connectivity index is 2.38. The molecule has 0 aliphatic rings. The van der Waals surface area contributed by atoms with Crippen molar-refractivity contribution in [2.45, 2.75) is 19.5 Å². The number of nitrogens with zero attached hydrogens (tertiary/aromatic N) is 2. The van der Waals surface area contributed by atoms with Crippen LogP contribution in [0.5, 0.6) is 0 Å². The van der Waals surface area contributed by atoms with Crippen molar-refractivity contribution >= 4 is 22.9 Å². The summed E-state index contributed by atoms with van der Waals surface area (Å²) in [4.78, 5) is 0. The molecule has 0 aliphatic heterocycles. The highest BCUT2D eigenvalue weighted by Crippen LogP contribution is 2.31. The van der Waals surface area contributed by atoms with Crippen LogP contribution < -0.4 is 5.32 Å². The lowest BCUT2D eigenvalue weighted by atomic mass is 10.0. The van der Waals surface area contributed by atoms with Crippen molar-refractivity contribution in [1.82, 2.24) is 15.1 Å². The van der Waals surface area contributed by atoms with E-state index in [1.165, 1.54) is 11.1 Å². The van der Waals surface area contributed by atoms with Gasteiger partial charge in [0, 0.05) is 7.11 Å². The summed E-state index contributed by atoms with van der Waals surface area (Å²) in [7, 11) is 3.62. The molecule has 0 aromatic carbocycles. The van der Waals surface area contributed by atoms with Crippen molar-refractivity contribution in [2.24, 2.45) is 0 Å². The van der Waals surface area contributed by atoms with Crippen LogP contribution in [0.3, 0.4) is 0 Å². The summed E-state index contributed by atoms with van der Waals surface area (Å²) in [6.45, 7) is 3.42. The Hall–Kier alpha value is -0.880. The van der Waals surface area contributed by atoms with Gasteiger partial charge in [-0.15, -0.1) is 0 Å². The monoisotopic (exact) mass is 299 g/mol. The number of aryl methyl sites for hydroxylation is 1. The van der Waals surface area contributed by atoms with Crippen molar-refractivity contribution in [3.05, 3.63) is 38.8 Å². The van der Waals surface area contributed by atoms with Gasteiger partial charge in [-0.25, -0.2) is 0 Å². The number of hydrogen-bond donors (Lipinski definition) is 1. The van der Waals surface area contributed by atoms with Gasteiger partial charge in [-0.1, -0.05) is 11.6 Å². The zero-order valence-corrected chi connectivity index (χ0v) is 12.9. The van der Waals surface area contributed by atoms with E-state index >= 15 is 0 Å². The minimum atomic E-state index is 0.0538. The molecular formula is C13H18ClN3OS. The van der Waals surface area contributed by atoms with Crippen molar-refractivity contribution < 1.29 is 4.74 Å². The first-order chi connectivity index (χ1) is 9.19. The molecule has 2 rings (SSSR count). The molecule has 0 amide bonds. The molecule has 6 heteroatoms. The molecule has 1 atom stereocenters. The van der Waals surface area contributed by atoms with Gasteiger partial charge < -0.3 is 10.1 Å². The van der Waals surface area contributed by atoms with E-state index < -0.39 is 0 Å². The fraction of sp³-hybridized carbons (Fsp3) is 0.462. The van der Waals surface area contributed by atoms with E-state index in [4.69, 9.17) is 16.3 Å². The van der Waals surface area contributed by atoms with E-state index in [2.05, 4.69) is 28.1 Å². The van der Waals surface area contributed by atoms with Gasteiger partial charge in [0.25, 0.3) is 0 Å². The molecule has 1 N–H and O–H groups in total. The molecule has 0 fully saturated rings. The lowest BCUT2D eigenvalue weighted by molar-refractivity contribution is 0.182. The predicted molar refractivity (Wildman–Crippen MR) is 79.1 cm³/mol. The largest absolute Gasteiger partial charge is 0.383 e. The highest BCUT2D eigenvalue weighted by atomic mass is 35.5. The number of rotatable bonds is 6. The Morgan fingerprint density at radius 3 is 2.89 bits per heavy atom. The number of aromatic nitrogens is 2. The Morgan fingerprint density at radius 1 is 1.53 bits per heavy atom. The topological polar surface area (TPSA) is 39.1 Å². The van der Waals surface area contributed by atoms with Crippen LogP contribution in [-0.4, -0.2) is 30.5 Å². The van der Waals surface area contributed by atoms with Gasteiger partial charge in [0.15, 0.2) is 0 Å². The van der Waals surface area contributed by atoms with E-state index in [1.54, 1.807) is 24.6 Å². The molecule has 2 heterocycles. The second-order valence-electron chi connectivity index (χ2n) is 4.33. The molecular weight excluding hydrogens is 282 g/mol. The summed E-state index contributed by atoms with van der Waals surface area (Å²) in [5.74, 6) is 0. The molecule has 0 spiro atoms. The zero-order valence-electron chi connectivity index (χ0n) is 11.3. The summed E-state index contributed by atoms with van der Waals surface area (Å²) in [5, 5.41) is 12.6. The Labute approximate surface area is 122 Å². The smallest absolute Gasteiger partial charge is 0.0837 e. The minimum Gasteiger partial charge on any atom is -0.383 e. The molecule has 104 valence electrons. The molecule has 19 heavy (non-hydrogen) atoms. The van der Waals surface area contributed by atoms with Crippen LogP contribution in [0, 0.1) is 6.92 Å². The Kier molecular flexibility index (Phi) is 4.99. The van der Waals surface area contributed by atoms with E-state index in [-0.39, 0.29) is 6.04 Å². The summed E-state index contributed by atoms with van der Waals surface area (Å²) in [6, 6.07) is 0.0538. The van der Waals surface area contributed by atoms with Crippen LogP contribution >= 0.6 is 22.9 Å². The standard InChI is InChI=1S/C13H18ClN3OS/c1-9-7-19-8-10(9)12(15-2)13-11(14)6-16-17(13)4-5-18-3/h6-8,12,15H,4-5H2,1-3H3. The lowest BCUT2D eigenvalue weighted by Crippen LogP contribution is -2.23. The van der Waals surface area contributed by atoms with Gasteiger partial charge in [-0.3, -0.25) is 4.68 Å². The average molecular weight is 300 g/mol. The Bertz CT molecular complexity index is 538. The molecule has 0 aliphatic carbocycles. The average Bonchev–Trinajstić information content (AvgIpc) is 2.97. The van der Waals surface area contributed by atoms with Crippen LogP contribution in [0.15, 0.2) is 17.0 Å². The van der Waals surface area contributed by atoms with Crippen molar-refractivity contribution in [1.29, 1.82) is 0 Å². The fourth-order valence-corrected chi connectivity index (χ4v) is 3.25. The third-order valence-electron chi connectivity index (χ3n) is 3.11. The number of methoxy groups -OCH3 is 1. The highest BCUT2D eigenvalue weighted by Gasteiger charge is 2.22. The molecule has 0 saturated carbocycles. The first kappa shape index (κ1) is 14.5.